The molecule has 2 heterocycles. The molecule has 2 N–H and O–H groups in total. The van der Waals surface area contributed by atoms with Crippen LogP contribution in [-0.2, 0) is 0 Å². The lowest BCUT2D eigenvalue weighted by Crippen LogP contribution is -2.44. The summed E-state index contributed by atoms with van der Waals surface area (Å²) in [4.78, 5) is 13.3. The van der Waals surface area contributed by atoms with E-state index in [9.17, 15) is 9.90 Å². The van der Waals surface area contributed by atoms with Gasteiger partial charge in [-0.3, -0.25) is 4.79 Å². The molecular weight excluding hydrogens is 216 g/mol. The van der Waals surface area contributed by atoms with E-state index in [0.29, 0.717) is 18.8 Å². The van der Waals surface area contributed by atoms with Crippen LogP contribution in [0.4, 0.5) is 0 Å². The number of hydrogen-bond acceptors (Lipinski definition) is 6. The number of aliphatic hydroxyl groups excluding tert-OH is 1. The third-order valence-electron chi connectivity index (χ3n) is 2.55. The van der Waals surface area contributed by atoms with Gasteiger partial charge in [-0.1, -0.05) is 0 Å². The van der Waals surface area contributed by atoms with Gasteiger partial charge in [0.1, 0.15) is 0 Å². The number of nitrogens with zero attached hydrogens (tertiary/aromatic N) is 3. The van der Waals surface area contributed by atoms with Gasteiger partial charge in [0.15, 0.2) is 5.69 Å². The van der Waals surface area contributed by atoms with E-state index >= 15 is 0 Å². The van der Waals surface area contributed by atoms with E-state index in [1.165, 1.54) is 11.1 Å². The molecule has 1 saturated heterocycles. The van der Waals surface area contributed by atoms with Gasteiger partial charge in [0.25, 0.3) is 5.91 Å². The monoisotopic (exact) mass is 228 g/mol. The van der Waals surface area contributed by atoms with E-state index in [-0.39, 0.29) is 11.9 Å². The minimum absolute atomic E-state index is 0.181. The predicted octanol–water partition coefficient (Wildman–Crippen LogP) is -1.06. The third kappa shape index (κ3) is 1.99. The number of likely N-dealkylation sites (N-methyl/N-ethyl adjacent to an activating group) is 1. The van der Waals surface area contributed by atoms with Crippen molar-refractivity contribution in [2.75, 3.05) is 20.1 Å². The summed E-state index contributed by atoms with van der Waals surface area (Å²) >= 11 is 1.00. The van der Waals surface area contributed by atoms with Crippen LogP contribution < -0.4 is 5.32 Å². The summed E-state index contributed by atoms with van der Waals surface area (Å²) in [6, 6.07) is -0.181. The molecule has 1 fully saturated rings. The molecule has 1 aliphatic rings. The first-order valence-electron chi connectivity index (χ1n) is 4.63. The molecule has 0 radical (unpaired) electrons. The van der Waals surface area contributed by atoms with Crippen molar-refractivity contribution in [2.45, 2.75) is 12.1 Å². The maximum absolute atomic E-state index is 11.8. The second kappa shape index (κ2) is 4.21. The zero-order valence-electron chi connectivity index (χ0n) is 8.25. The van der Waals surface area contributed by atoms with Crippen molar-refractivity contribution in [3.8, 4) is 0 Å². The molecule has 0 spiro atoms. The minimum atomic E-state index is -0.509. The number of carbonyl (C=O) groups is 1. The van der Waals surface area contributed by atoms with Crippen molar-refractivity contribution in [3.63, 3.8) is 0 Å². The quantitative estimate of drug-likeness (QED) is 0.675. The summed E-state index contributed by atoms with van der Waals surface area (Å²) < 4.78 is 7.65. The molecule has 1 aromatic rings. The summed E-state index contributed by atoms with van der Waals surface area (Å²) in [5.74, 6) is -0.198. The van der Waals surface area contributed by atoms with Gasteiger partial charge < -0.3 is 15.3 Å². The lowest BCUT2D eigenvalue weighted by Gasteiger charge is -2.25. The number of aliphatic hydroxyl groups is 1. The highest BCUT2D eigenvalue weighted by Gasteiger charge is 2.32. The Kier molecular flexibility index (Phi) is 2.94. The van der Waals surface area contributed by atoms with Gasteiger partial charge in [0.2, 0.25) is 0 Å². The zero-order valence-corrected chi connectivity index (χ0v) is 9.07. The average molecular weight is 228 g/mol. The lowest BCUT2D eigenvalue weighted by molar-refractivity contribution is 0.0577. The van der Waals surface area contributed by atoms with Crippen molar-refractivity contribution in [1.29, 1.82) is 0 Å². The van der Waals surface area contributed by atoms with Gasteiger partial charge in [0, 0.05) is 20.1 Å². The standard InChI is InChI=1S/C8H12N4O2S/c1-12(6-3-9-4-7(6)13)8(14)5-2-10-15-11-5/h2,6-7,9,13H,3-4H2,1H3. The Labute approximate surface area is 91.2 Å². The fourth-order valence-corrected chi connectivity index (χ4v) is 2.04. The second-order valence-corrected chi connectivity index (χ2v) is 4.06. The Morgan fingerprint density at radius 1 is 1.73 bits per heavy atom. The molecule has 1 aromatic heterocycles. The zero-order chi connectivity index (χ0) is 10.8. The van der Waals surface area contributed by atoms with Crippen LogP contribution in [0.5, 0.6) is 0 Å². The molecule has 2 atom stereocenters. The fourth-order valence-electron chi connectivity index (χ4n) is 1.64. The highest BCUT2D eigenvalue weighted by Crippen LogP contribution is 2.10. The molecule has 82 valence electrons. The number of carbonyl (C=O) groups excluding carboxylic acids is 1. The summed E-state index contributed by atoms with van der Waals surface area (Å²) in [5, 5.41) is 12.6. The molecule has 0 aromatic carbocycles. The van der Waals surface area contributed by atoms with Gasteiger partial charge in [-0.15, -0.1) is 0 Å². The molecule has 1 amide bonds. The topological polar surface area (TPSA) is 78.4 Å². The van der Waals surface area contributed by atoms with Crippen molar-refractivity contribution in [1.82, 2.24) is 19.0 Å². The van der Waals surface area contributed by atoms with Gasteiger partial charge in [-0.05, 0) is 0 Å². The molecule has 6 nitrogen and oxygen atoms in total. The maximum atomic E-state index is 11.8. The number of aromatic nitrogens is 2. The Hall–Kier alpha value is -1.05. The number of nitrogens with one attached hydrogen (secondary N) is 1. The van der Waals surface area contributed by atoms with Crippen LogP contribution in [0.3, 0.4) is 0 Å². The van der Waals surface area contributed by atoms with Crippen LogP contribution in [0.1, 0.15) is 10.5 Å². The Morgan fingerprint density at radius 2 is 2.53 bits per heavy atom. The fraction of sp³-hybridized carbons (Fsp3) is 0.625. The molecule has 2 unspecified atom stereocenters. The second-order valence-electron chi connectivity index (χ2n) is 3.50. The largest absolute Gasteiger partial charge is 0.390 e. The number of rotatable bonds is 2. The lowest BCUT2D eigenvalue weighted by atomic mass is 10.2. The van der Waals surface area contributed by atoms with Gasteiger partial charge in [0.05, 0.1) is 30.1 Å². The average Bonchev–Trinajstić information content (AvgIpc) is 2.85. The first-order valence-corrected chi connectivity index (χ1v) is 5.36. The summed E-state index contributed by atoms with van der Waals surface area (Å²) in [7, 11) is 1.67. The normalized spacial score (nSPS) is 25.5. The number of hydrogen-bond donors (Lipinski definition) is 2. The molecule has 0 aliphatic carbocycles. The van der Waals surface area contributed by atoms with Crippen LogP contribution in [0.2, 0.25) is 0 Å². The van der Waals surface area contributed by atoms with Crippen LogP contribution in [-0.4, -0.2) is 56.9 Å². The number of amides is 1. The first kappa shape index (κ1) is 10.5. The molecule has 15 heavy (non-hydrogen) atoms. The van der Waals surface area contributed by atoms with Crippen molar-refractivity contribution < 1.29 is 9.90 Å². The predicted molar refractivity (Wildman–Crippen MR) is 54.7 cm³/mol. The molecule has 2 rings (SSSR count). The van der Waals surface area contributed by atoms with Crippen LogP contribution >= 0.6 is 11.7 Å². The molecule has 7 heteroatoms. The van der Waals surface area contributed by atoms with Gasteiger partial charge in [-0.25, -0.2) is 0 Å². The first-order chi connectivity index (χ1) is 7.20. The smallest absolute Gasteiger partial charge is 0.275 e. The Bertz CT molecular complexity index is 342. The number of β-amino-alcohol motifs (C(OH)–C–C–N with tert-alkyl or cyclic N) is 1. The summed E-state index contributed by atoms with van der Waals surface area (Å²) in [5.41, 5.74) is 0.335. The van der Waals surface area contributed by atoms with E-state index in [2.05, 4.69) is 14.1 Å². The highest BCUT2D eigenvalue weighted by molar-refractivity contribution is 6.99. The SMILES string of the molecule is CN(C(=O)c1cnsn1)C1CNCC1O. The van der Waals surface area contributed by atoms with Crippen LogP contribution in [0.25, 0.3) is 0 Å². The molecule has 1 aliphatic heterocycles. The maximum Gasteiger partial charge on any atom is 0.275 e. The van der Waals surface area contributed by atoms with Crippen molar-refractivity contribution >= 4 is 17.6 Å². The van der Waals surface area contributed by atoms with E-state index in [4.69, 9.17) is 0 Å². The van der Waals surface area contributed by atoms with Gasteiger partial charge >= 0.3 is 0 Å². The van der Waals surface area contributed by atoms with Gasteiger partial charge in [-0.2, -0.15) is 8.75 Å². The van der Waals surface area contributed by atoms with Crippen molar-refractivity contribution in [2.24, 2.45) is 0 Å². The van der Waals surface area contributed by atoms with Crippen LogP contribution in [0, 0.1) is 0 Å². The third-order valence-corrected chi connectivity index (χ3v) is 3.03. The molecule has 0 saturated carbocycles. The summed E-state index contributed by atoms with van der Waals surface area (Å²) in [6.45, 7) is 1.14. The van der Waals surface area contributed by atoms with E-state index in [0.717, 1.165) is 11.7 Å². The van der Waals surface area contributed by atoms with E-state index in [1.54, 1.807) is 7.05 Å². The van der Waals surface area contributed by atoms with E-state index in [1.807, 2.05) is 0 Å². The minimum Gasteiger partial charge on any atom is -0.390 e. The van der Waals surface area contributed by atoms with Crippen molar-refractivity contribution in [3.05, 3.63) is 11.9 Å². The molecular formula is C8H12N4O2S. The van der Waals surface area contributed by atoms with Crippen LogP contribution in [0.15, 0.2) is 6.20 Å². The van der Waals surface area contributed by atoms with E-state index < -0.39 is 6.10 Å². The molecule has 0 bridgehead atoms. The summed E-state index contributed by atoms with van der Waals surface area (Å²) in [6.07, 6.45) is 0.934. The Morgan fingerprint density at radius 3 is 3.07 bits per heavy atom. The highest BCUT2D eigenvalue weighted by atomic mass is 32.1. The Balaban J connectivity index is 2.07.